The second kappa shape index (κ2) is 11.0. The molecule has 0 aromatic heterocycles. The van der Waals surface area contributed by atoms with E-state index in [1.54, 1.807) is 0 Å². The van der Waals surface area contributed by atoms with Gasteiger partial charge in [0, 0.05) is 13.2 Å². The van der Waals surface area contributed by atoms with E-state index in [0.717, 1.165) is 37.5 Å². The summed E-state index contributed by atoms with van der Waals surface area (Å²) in [7, 11) is 0. The summed E-state index contributed by atoms with van der Waals surface area (Å²) in [6.45, 7) is 15.3. The van der Waals surface area contributed by atoms with Gasteiger partial charge in [0.25, 0.3) is 0 Å². The van der Waals surface area contributed by atoms with Crippen molar-refractivity contribution in [3.63, 3.8) is 0 Å². The van der Waals surface area contributed by atoms with E-state index in [-0.39, 0.29) is 0 Å². The normalized spacial score (nSPS) is 13.6. The third-order valence-corrected chi connectivity index (χ3v) is 2.90. The Morgan fingerprint density at radius 3 is 2.24 bits per heavy atom. The fraction of sp³-hybridized carbons (Fsp3) is 1.00. The van der Waals surface area contributed by atoms with Gasteiger partial charge in [0.15, 0.2) is 0 Å². The van der Waals surface area contributed by atoms with Crippen molar-refractivity contribution in [2.24, 2.45) is 17.8 Å². The molecule has 1 atom stereocenters. The van der Waals surface area contributed by atoms with Crippen molar-refractivity contribution in [2.75, 3.05) is 26.3 Å². The Bertz CT molecular complexity index is 157. The highest BCUT2D eigenvalue weighted by atomic mass is 16.5. The van der Waals surface area contributed by atoms with Gasteiger partial charge in [-0.1, -0.05) is 27.7 Å². The molecule has 104 valence electrons. The molecule has 0 saturated carbocycles. The lowest BCUT2D eigenvalue weighted by molar-refractivity contribution is 0.138. The molecule has 0 aliphatic heterocycles. The molecule has 2 nitrogen and oxygen atoms in total. The first kappa shape index (κ1) is 16.9. The second-order valence-electron chi connectivity index (χ2n) is 5.89. The van der Waals surface area contributed by atoms with E-state index < -0.39 is 0 Å². The lowest BCUT2D eigenvalue weighted by atomic mass is 9.93. The Kier molecular flexibility index (Phi) is 11.0. The van der Waals surface area contributed by atoms with Gasteiger partial charge in [-0.05, 0) is 57.0 Å². The monoisotopic (exact) mass is 243 g/mol. The van der Waals surface area contributed by atoms with Crippen LogP contribution in [0.3, 0.4) is 0 Å². The molecule has 0 aromatic carbocycles. The Balaban J connectivity index is 3.71. The van der Waals surface area contributed by atoms with Crippen LogP contribution in [0.2, 0.25) is 0 Å². The molecule has 0 bridgehead atoms. The average molecular weight is 243 g/mol. The first-order chi connectivity index (χ1) is 8.06. The molecule has 0 aromatic rings. The van der Waals surface area contributed by atoms with E-state index in [4.69, 9.17) is 4.74 Å². The maximum Gasteiger partial charge on any atom is 0.0466 e. The van der Waals surface area contributed by atoms with Crippen LogP contribution in [0.5, 0.6) is 0 Å². The molecule has 0 aliphatic carbocycles. The fourth-order valence-electron chi connectivity index (χ4n) is 2.16. The van der Waals surface area contributed by atoms with Gasteiger partial charge in [0.1, 0.15) is 0 Å². The summed E-state index contributed by atoms with van der Waals surface area (Å²) in [5, 5.41) is 3.59. The van der Waals surface area contributed by atoms with Gasteiger partial charge >= 0.3 is 0 Å². The predicted octanol–water partition coefficient (Wildman–Crippen LogP) is 3.71. The van der Waals surface area contributed by atoms with E-state index in [9.17, 15) is 0 Å². The van der Waals surface area contributed by atoms with E-state index in [1.165, 1.54) is 25.8 Å². The highest BCUT2D eigenvalue weighted by Crippen LogP contribution is 2.16. The minimum Gasteiger partial charge on any atom is -0.382 e. The number of ether oxygens (including phenoxy) is 1. The van der Waals surface area contributed by atoms with Crippen molar-refractivity contribution >= 4 is 0 Å². The van der Waals surface area contributed by atoms with E-state index in [2.05, 4.69) is 39.9 Å². The van der Waals surface area contributed by atoms with Gasteiger partial charge in [0.2, 0.25) is 0 Å². The molecule has 0 rings (SSSR count). The second-order valence-corrected chi connectivity index (χ2v) is 5.89. The molecule has 0 heterocycles. The molecule has 0 aliphatic rings. The van der Waals surface area contributed by atoms with Crippen LogP contribution in [0.15, 0.2) is 0 Å². The largest absolute Gasteiger partial charge is 0.382 e. The third kappa shape index (κ3) is 12.2. The van der Waals surface area contributed by atoms with Crippen LogP contribution in [-0.2, 0) is 4.74 Å². The molecular formula is C15H33NO. The molecule has 0 spiro atoms. The smallest absolute Gasteiger partial charge is 0.0466 e. The van der Waals surface area contributed by atoms with Crippen molar-refractivity contribution in [2.45, 2.75) is 53.9 Å². The van der Waals surface area contributed by atoms with Crippen LogP contribution >= 0.6 is 0 Å². The first-order valence-electron chi connectivity index (χ1n) is 7.34. The highest BCUT2D eigenvalue weighted by Gasteiger charge is 2.10. The van der Waals surface area contributed by atoms with E-state index in [0.29, 0.717) is 0 Å². The van der Waals surface area contributed by atoms with E-state index >= 15 is 0 Å². The summed E-state index contributed by atoms with van der Waals surface area (Å²) in [4.78, 5) is 0. The Morgan fingerprint density at radius 2 is 1.71 bits per heavy atom. The third-order valence-electron chi connectivity index (χ3n) is 2.90. The Morgan fingerprint density at radius 1 is 1.00 bits per heavy atom. The van der Waals surface area contributed by atoms with E-state index in [1.807, 2.05) is 0 Å². The predicted molar refractivity (Wildman–Crippen MR) is 76.4 cm³/mol. The summed E-state index contributed by atoms with van der Waals surface area (Å²) >= 11 is 0. The lowest BCUT2D eigenvalue weighted by Crippen LogP contribution is -2.27. The molecule has 0 amide bonds. The zero-order valence-corrected chi connectivity index (χ0v) is 12.6. The lowest BCUT2D eigenvalue weighted by Gasteiger charge is -2.20. The summed E-state index contributed by atoms with van der Waals surface area (Å²) in [5.41, 5.74) is 0. The summed E-state index contributed by atoms with van der Waals surface area (Å²) in [5.74, 6) is 2.36. The zero-order chi connectivity index (χ0) is 13.1. The van der Waals surface area contributed by atoms with Gasteiger partial charge in [-0.15, -0.1) is 0 Å². The molecular weight excluding hydrogens is 210 g/mol. The molecule has 1 unspecified atom stereocenters. The van der Waals surface area contributed by atoms with Gasteiger partial charge in [-0.2, -0.15) is 0 Å². The number of hydrogen-bond acceptors (Lipinski definition) is 2. The highest BCUT2D eigenvalue weighted by molar-refractivity contribution is 4.65. The Labute approximate surface area is 109 Å². The summed E-state index contributed by atoms with van der Waals surface area (Å²) < 4.78 is 5.41. The molecule has 17 heavy (non-hydrogen) atoms. The van der Waals surface area contributed by atoms with Crippen LogP contribution in [0, 0.1) is 17.8 Å². The van der Waals surface area contributed by atoms with Crippen LogP contribution in [-0.4, -0.2) is 26.3 Å². The van der Waals surface area contributed by atoms with Crippen LogP contribution in [0.25, 0.3) is 0 Å². The maximum absolute atomic E-state index is 5.41. The molecule has 0 radical (unpaired) electrons. The van der Waals surface area contributed by atoms with Gasteiger partial charge < -0.3 is 10.1 Å². The van der Waals surface area contributed by atoms with Crippen molar-refractivity contribution in [3.05, 3.63) is 0 Å². The summed E-state index contributed by atoms with van der Waals surface area (Å²) in [6, 6.07) is 0. The van der Waals surface area contributed by atoms with Crippen molar-refractivity contribution in [1.29, 1.82) is 0 Å². The van der Waals surface area contributed by atoms with Gasteiger partial charge in [-0.3, -0.25) is 0 Å². The topological polar surface area (TPSA) is 21.3 Å². The SMILES string of the molecule is CCOCCCC(CNCC(C)C)CC(C)C. The standard InChI is InChI=1S/C15H33NO/c1-6-17-9-7-8-15(10-13(2)3)12-16-11-14(4)5/h13-16H,6-12H2,1-5H3. The molecule has 0 fully saturated rings. The number of nitrogens with one attached hydrogen (secondary N) is 1. The van der Waals surface area contributed by atoms with Crippen LogP contribution < -0.4 is 5.32 Å². The first-order valence-corrected chi connectivity index (χ1v) is 7.34. The minimum atomic E-state index is 0.748. The zero-order valence-electron chi connectivity index (χ0n) is 12.6. The van der Waals surface area contributed by atoms with Crippen LogP contribution in [0.1, 0.15) is 53.9 Å². The average Bonchev–Trinajstić information content (AvgIpc) is 2.22. The minimum absolute atomic E-state index is 0.748. The Hall–Kier alpha value is -0.0800. The molecule has 1 N–H and O–H groups in total. The van der Waals surface area contributed by atoms with Gasteiger partial charge in [-0.25, -0.2) is 0 Å². The number of hydrogen-bond donors (Lipinski definition) is 1. The fourth-order valence-corrected chi connectivity index (χ4v) is 2.16. The van der Waals surface area contributed by atoms with Crippen molar-refractivity contribution < 1.29 is 4.74 Å². The van der Waals surface area contributed by atoms with Gasteiger partial charge in [0.05, 0.1) is 0 Å². The maximum atomic E-state index is 5.41. The molecule has 0 saturated heterocycles. The van der Waals surface area contributed by atoms with Crippen LogP contribution in [0.4, 0.5) is 0 Å². The number of rotatable bonds is 11. The summed E-state index contributed by atoms with van der Waals surface area (Å²) in [6.07, 6.45) is 3.83. The quantitative estimate of drug-likeness (QED) is 0.559. The van der Waals surface area contributed by atoms with Crippen molar-refractivity contribution in [1.82, 2.24) is 5.32 Å². The van der Waals surface area contributed by atoms with Crippen molar-refractivity contribution in [3.8, 4) is 0 Å². The molecule has 2 heteroatoms.